The third kappa shape index (κ3) is 5.45. The first kappa shape index (κ1) is 21.8. The van der Waals surface area contributed by atoms with E-state index < -0.39 is 0 Å². The minimum absolute atomic E-state index is 0.420. The lowest BCUT2D eigenvalue weighted by Gasteiger charge is -2.34. The largest absolute Gasteiger partial charge is 0.364 e. The minimum Gasteiger partial charge on any atom is -0.364 e. The third-order valence-electron chi connectivity index (χ3n) is 5.87. The molecular formula is C25H31N7. The van der Waals surface area contributed by atoms with E-state index in [4.69, 9.17) is 9.97 Å². The number of benzene rings is 1. The first-order chi connectivity index (χ1) is 15.6. The number of nitrogens with zero attached hydrogens (tertiary/aromatic N) is 4. The van der Waals surface area contributed by atoms with E-state index in [0.717, 1.165) is 68.1 Å². The summed E-state index contributed by atoms with van der Waals surface area (Å²) in [5.41, 5.74) is 4.69. The molecule has 0 aliphatic carbocycles. The topological polar surface area (TPSA) is 92.7 Å². The summed E-state index contributed by atoms with van der Waals surface area (Å²) >= 11 is 0. The molecule has 3 heterocycles. The van der Waals surface area contributed by atoms with Gasteiger partial charge in [-0.1, -0.05) is 19.4 Å². The van der Waals surface area contributed by atoms with Crippen LogP contribution in [0.4, 0.5) is 17.5 Å². The van der Waals surface area contributed by atoms with Crippen LogP contribution in [0.25, 0.3) is 0 Å². The van der Waals surface area contributed by atoms with Crippen molar-refractivity contribution in [3.05, 3.63) is 65.1 Å². The smallest absolute Gasteiger partial charge is 0.229 e. The molecule has 0 amide bonds. The Labute approximate surface area is 189 Å². The van der Waals surface area contributed by atoms with Crippen molar-refractivity contribution in [3.63, 3.8) is 0 Å². The number of H-pyrrole nitrogens is 1. The zero-order valence-corrected chi connectivity index (χ0v) is 18.9. The maximum Gasteiger partial charge on any atom is 0.229 e. The highest BCUT2D eigenvalue weighted by Gasteiger charge is 2.22. The SMILES string of the molecule is CCCc1cc(N2CCC[C@H](NCc3ccc[nH]3)C2)nc(Nc2ccc(C)c(C#N)c2)n1. The van der Waals surface area contributed by atoms with Crippen LogP contribution in [0.3, 0.4) is 0 Å². The second kappa shape index (κ2) is 10.3. The number of aromatic amines is 1. The summed E-state index contributed by atoms with van der Waals surface area (Å²) in [6.07, 6.45) is 6.18. The van der Waals surface area contributed by atoms with Crippen LogP contribution in [0.5, 0.6) is 0 Å². The van der Waals surface area contributed by atoms with Crippen molar-refractivity contribution in [1.29, 1.82) is 5.26 Å². The Hall–Kier alpha value is -3.37. The zero-order valence-electron chi connectivity index (χ0n) is 18.9. The Balaban J connectivity index is 1.51. The van der Waals surface area contributed by atoms with Crippen LogP contribution in [0.15, 0.2) is 42.6 Å². The quantitative estimate of drug-likeness (QED) is 0.490. The van der Waals surface area contributed by atoms with Gasteiger partial charge in [0, 0.05) is 55.0 Å². The predicted octanol–water partition coefficient (Wildman–Crippen LogP) is 4.44. The van der Waals surface area contributed by atoms with Crippen molar-refractivity contribution in [1.82, 2.24) is 20.3 Å². The van der Waals surface area contributed by atoms with Gasteiger partial charge in [-0.15, -0.1) is 0 Å². The van der Waals surface area contributed by atoms with Crippen molar-refractivity contribution in [2.45, 2.75) is 52.1 Å². The van der Waals surface area contributed by atoms with E-state index in [9.17, 15) is 5.26 Å². The van der Waals surface area contributed by atoms with E-state index in [1.807, 2.05) is 37.4 Å². The minimum atomic E-state index is 0.420. The Morgan fingerprint density at radius 3 is 2.94 bits per heavy atom. The van der Waals surface area contributed by atoms with Crippen LogP contribution in [0.2, 0.25) is 0 Å². The molecule has 0 bridgehead atoms. The molecule has 166 valence electrons. The number of aromatic nitrogens is 3. The Morgan fingerprint density at radius 2 is 2.16 bits per heavy atom. The summed E-state index contributed by atoms with van der Waals surface area (Å²) in [7, 11) is 0. The summed E-state index contributed by atoms with van der Waals surface area (Å²) in [6.45, 7) is 6.86. The van der Waals surface area contributed by atoms with Gasteiger partial charge in [-0.2, -0.15) is 10.2 Å². The maximum atomic E-state index is 9.34. The van der Waals surface area contributed by atoms with Crippen LogP contribution < -0.4 is 15.5 Å². The molecule has 1 saturated heterocycles. The average molecular weight is 430 g/mol. The van der Waals surface area contributed by atoms with Crippen LogP contribution in [-0.2, 0) is 13.0 Å². The lowest BCUT2D eigenvalue weighted by molar-refractivity contribution is 0.418. The van der Waals surface area contributed by atoms with Gasteiger partial charge in [-0.05, 0) is 56.0 Å². The summed E-state index contributed by atoms with van der Waals surface area (Å²) in [5, 5.41) is 16.3. The molecule has 32 heavy (non-hydrogen) atoms. The van der Waals surface area contributed by atoms with Crippen molar-refractivity contribution in [2.24, 2.45) is 0 Å². The van der Waals surface area contributed by atoms with E-state index in [0.29, 0.717) is 17.6 Å². The van der Waals surface area contributed by atoms with Crippen LogP contribution in [-0.4, -0.2) is 34.1 Å². The number of hydrogen-bond acceptors (Lipinski definition) is 6. The summed E-state index contributed by atoms with van der Waals surface area (Å²) in [4.78, 5) is 15.2. The molecule has 1 atom stereocenters. The number of piperidine rings is 1. The summed E-state index contributed by atoms with van der Waals surface area (Å²) in [5.74, 6) is 1.55. The molecule has 0 spiro atoms. The van der Waals surface area contributed by atoms with Crippen molar-refractivity contribution >= 4 is 17.5 Å². The van der Waals surface area contributed by atoms with Crippen molar-refractivity contribution < 1.29 is 0 Å². The highest BCUT2D eigenvalue weighted by atomic mass is 15.2. The fourth-order valence-corrected chi connectivity index (χ4v) is 4.12. The second-order valence-electron chi connectivity index (χ2n) is 8.42. The molecule has 0 saturated carbocycles. The number of nitriles is 1. The van der Waals surface area contributed by atoms with E-state index in [1.54, 1.807) is 0 Å². The number of rotatable bonds is 8. The molecule has 0 unspecified atom stereocenters. The van der Waals surface area contributed by atoms with Gasteiger partial charge in [0.2, 0.25) is 5.95 Å². The van der Waals surface area contributed by atoms with Crippen molar-refractivity contribution in [2.75, 3.05) is 23.3 Å². The maximum absolute atomic E-state index is 9.34. The summed E-state index contributed by atoms with van der Waals surface area (Å²) in [6, 6.07) is 14.7. The van der Waals surface area contributed by atoms with E-state index >= 15 is 0 Å². The van der Waals surface area contributed by atoms with Gasteiger partial charge < -0.3 is 20.5 Å². The first-order valence-electron chi connectivity index (χ1n) is 11.4. The molecule has 7 heteroatoms. The molecule has 2 aromatic heterocycles. The lowest BCUT2D eigenvalue weighted by atomic mass is 10.1. The molecule has 4 rings (SSSR count). The van der Waals surface area contributed by atoms with Gasteiger partial charge in [0.15, 0.2) is 0 Å². The third-order valence-corrected chi connectivity index (χ3v) is 5.87. The van der Waals surface area contributed by atoms with Crippen LogP contribution >= 0.6 is 0 Å². The second-order valence-corrected chi connectivity index (χ2v) is 8.42. The number of nitrogens with one attached hydrogen (secondary N) is 3. The summed E-state index contributed by atoms with van der Waals surface area (Å²) < 4.78 is 0. The number of hydrogen-bond donors (Lipinski definition) is 3. The highest BCUT2D eigenvalue weighted by Crippen LogP contribution is 2.24. The average Bonchev–Trinajstić information content (AvgIpc) is 3.33. The zero-order chi connectivity index (χ0) is 22.3. The molecule has 0 radical (unpaired) electrons. The van der Waals surface area contributed by atoms with Gasteiger partial charge in [-0.25, -0.2) is 4.98 Å². The molecular weight excluding hydrogens is 398 g/mol. The number of aryl methyl sites for hydroxylation is 2. The van der Waals surface area contributed by atoms with Gasteiger partial charge in [0.25, 0.3) is 0 Å². The lowest BCUT2D eigenvalue weighted by Crippen LogP contribution is -2.46. The van der Waals surface area contributed by atoms with E-state index in [2.05, 4.69) is 45.6 Å². The van der Waals surface area contributed by atoms with Crippen LogP contribution in [0.1, 0.15) is 48.7 Å². The fourth-order valence-electron chi connectivity index (χ4n) is 4.12. The van der Waals surface area contributed by atoms with E-state index in [-0.39, 0.29) is 0 Å². The fraction of sp³-hybridized carbons (Fsp3) is 0.400. The Morgan fingerprint density at radius 1 is 1.25 bits per heavy atom. The molecule has 1 aliphatic heterocycles. The Bertz CT molecular complexity index is 1070. The molecule has 1 fully saturated rings. The van der Waals surface area contributed by atoms with Gasteiger partial charge in [-0.3, -0.25) is 0 Å². The van der Waals surface area contributed by atoms with E-state index in [1.165, 1.54) is 5.69 Å². The first-order valence-corrected chi connectivity index (χ1v) is 11.4. The highest BCUT2D eigenvalue weighted by molar-refractivity contribution is 5.59. The number of anilines is 3. The Kier molecular flexibility index (Phi) is 7.03. The molecule has 3 aromatic rings. The van der Waals surface area contributed by atoms with Gasteiger partial charge in [0.1, 0.15) is 5.82 Å². The van der Waals surface area contributed by atoms with Crippen LogP contribution in [0, 0.1) is 18.3 Å². The molecule has 3 N–H and O–H groups in total. The van der Waals surface area contributed by atoms with Gasteiger partial charge >= 0.3 is 0 Å². The van der Waals surface area contributed by atoms with Crippen molar-refractivity contribution in [3.8, 4) is 6.07 Å². The normalized spacial score (nSPS) is 16.0. The molecule has 1 aromatic carbocycles. The monoisotopic (exact) mass is 429 g/mol. The standard InChI is InChI=1S/C25H31N7/c1-3-6-20-14-24(31-25(29-20)30-21-10-9-18(2)19(13-21)15-26)32-12-5-8-23(17-32)28-16-22-7-4-11-27-22/h4,7,9-11,13-14,23,27-28H,3,5-6,8,12,16-17H2,1-2H3,(H,29,30,31)/t23-/m0/s1. The molecule has 7 nitrogen and oxygen atoms in total. The molecule has 1 aliphatic rings. The van der Waals surface area contributed by atoms with Gasteiger partial charge in [0.05, 0.1) is 11.6 Å². The predicted molar refractivity (Wildman–Crippen MR) is 128 cm³/mol.